The molecule has 0 radical (unpaired) electrons. The van der Waals surface area contributed by atoms with Gasteiger partial charge < -0.3 is 20.2 Å². The molecule has 0 atom stereocenters. The Hall–Kier alpha value is -1.56. The van der Waals surface area contributed by atoms with Crippen LogP contribution in [0, 0.1) is 0 Å². The second-order valence-electron chi connectivity index (χ2n) is 3.91. The van der Waals surface area contributed by atoms with Gasteiger partial charge in [-0.25, -0.2) is 0 Å². The van der Waals surface area contributed by atoms with E-state index < -0.39 is 0 Å². The fourth-order valence-electron chi connectivity index (χ4n) is 1.72. The van der Waals surface area contributed by atoms with Crippen LogP contribution in [0.3, 0.4) is 0 Å². The molecule has 0 spiro atoms. The minimum absolute atomic E-state index is 0. The van der Waals surface area contributed by atoms with Crippen molar-refractivity contribution in [3.63, 3.8) is 0 Å². The summed E-state index contributed by atoms with van der Waals surface area (Å²) in [5.74, 6) is 0.658. The van der Waals surface area contributed by atoms with Crippen LogP contribution in [0.25, 0.3) is 10.9 Å². The molecule has 1 aromatic carbocycles. The number of nitrogens with two attached hydrogens (primary N) is 1. The monoisotopic (exact) mass is 284 g/mol. The molecule has 19 heavy (non-hydrogen) atoms. The highest BCUT2D eigenvalue weighted by Gasteiger charge is 2.03. The van der Waals surface area contributed by atoms with Crippen LogP contribution in [0.1, 0.15) is 5.69 Å². The lowest BCUT2D eigenvalue weighted by atomic mass is 10.2. The van der Waals surface area contributed by atoms with E-state index in [2.05, 4.69) is 4.98 Å². The minimum atomic E-state index is -0.0543. The fraction of sp³-hybridized carbons (Fsp3) is 0.308. The van der Waals surface area contributed by atoms with Crippen molar-refractivity contribution >= 4 is 23.3 Å². The van der Waals surface area contributed by atoms with Crippen molar-refractivity contribution in [3.05, 3.63) is 40.2 Å². The van der Waals surface area contributed by atoms with E-state index in [1.54, 1.807) is 13.2 Å². The maximum absolute atomic E-state index is 11.9. The lowest BCUT2D eigenvalue weighted by molar-refractivity contribution is 0.146. The molecule has 0 bridgehead atoms. The number of pyridine rings is 1. The standard InChI is InChI=1S/C13H16N2O3.ClH/c1-17-4-5-18-10-2-3-12-11(7-10)13(16)6-9(8-14)15-12;/h2-3,6-7H,4-5,8,14H2,1H3,(H,15,16);1H. The number of hydrogen-bond acceptors (Lipinski definition) is 4. The van der Waals surface area contributed by atoms with Gasteiger partial charge in [-0.1, -0.05) is 0 Å². The van der Waals surface area contributed by atoms with Crippen molar-refractivity contribution < 1.29 is 9.47 Å². The molecule has 1 aromatic heterocycles. The van der Waals surface area contributed by atoms with Crippen LogP contribution in [0.5, 0.6) is 5.75 Å². The van der Waals surface area contributed by atoms with Crippen molar-refractivity contribution in [3.8, 4) is 5.75 Å². The van der Waals surface area contributed by atoms with E-state index >= 15 is 0 Å². The molecule has 0 saturated heterocycles. The highest BCUT2D eigenvalue weighted by Crippen LogP contribution is 2.17. The SMILES string of the molecule is COCCOc1ccc2[nH]c(CN)cc(=O)c2c1.Cl. The summed E-state index contributed by atoms with van der Waals surface area (Å²) in [6.07, 6.45) is 0. The van der Waals surface area contributed by atoms with Crippen molar-refractivity contribution in [1.82, 2.24) is 4.98 Å². The third-order valence-corrected chi connectivity index (χ3v) is 2.63. The Morgan fingerprint density at radius 3 is 2.74 bits per heavy atom. The number of nitrogens with one attached hydrogen (secondary N) is 1. The molecular formula is C13H17ClN2O3. The van der Waals surface area contributed by atoms with Gasteiger partial charge in [0.25, 0.3) is 0 Å². The summed E-state index contributed by atoms with van der Waals surface area (Å²) in [5, 5.41) is 0.599. The zero-order chi connectivity index (χ0) is 13.0. The molecule has 5 nitrogen and oxygen atoms in total. The van der Waals surface area contributed by atoms with Gasteiger partial charge in [-0.05, 0) is 18.2 Å². The maximum atomic E-state index is 11.9. The molecule has 0 fully saturated rings. The van der Waals surface area contributed by atoms with Crippen LogP contribution in [-0.4, -0.2) is 25.3 Å². The largest absolute Gasteiger partial charge is 0.491 e. The third kappa shape index (κ3) is 3.70. The van der Waals surface area contributed by atoms with Gasteiger partial charge in [0.1, 0.15) is 12.4 Å². The molecule has 0 saturated carbocycles. The van der Waals surface area contributed by atoms with Gasteiger partial charge in [0.2, 0.25) is 0 Å². The number of ether oxygens (including phenoxy) is 2. The topological polar surface area (TPSA) is 77.3 Å². The smallest absolute Gasteiger partial charge is 0.189 e. The predicted octanol–water partition coefficient (Wildman–Crippen LogP) is 1.43. The molecule has 0 unspecified atom stereocenters. The molecule has 104 valence electrons. The summed E-state index contributed by atoms with van der Waals surface area (Å²) < 4.78 is 10.4. The molecule has 1 heterocycles. The van der Waals surface area contributed by atoms with Gasteiger partial charge in [0.15, 0.2) is 5.43 Å². The number of benzene rings is 1. The average molecular weight is 285 g/mol. The number of aromatic amines is 1. The molecule has 2 aromatic rings. The Morgan fingerprint density at radius 1 is 1.26 bits per heavy atom. The van der Waals surface area contributed by atoms with Gasteiger partial charge in [0.05, 0.1) is 6.61 Å². The normalized spacial score (nSPS) is 10.2. The third-order valence-electron chi connectivity index (χ3n) is 2.63. The lowest BCUT2D eigenvalue weighted by Crippen LogP contribution is -2.09. The first-order chi connectivity index (χ1) is 8.74. The molecule has 0 aliphatic heterocycles. The van der Waals surface area contributed by atoms with Crippen LogP contribution in [0.15, 0.2) is 29.1 Å². The van der Waals surface area contributed by atoms with Gasteiger partial charge in [-0.15, -0.1) is 12.4 Å². The first-order valence-corrected chi connectivity index (χ1v) is 5.72. The van der Waals surface area contributed by atoms with Crippen LogP contribution in [0.4, 0.5) is 0 Å². The summed E-state index contributed by atoms with van der Waals surface area (Å²) >= 11 is 0. The number of hydrogen-bond donors (Lipinski definition) is 2. The van der Waals surface area contributed by atoms with E-state index in [1.165, 1.54) is 6.07 Å². The second-order valence-corrected chi connectivity index (χ2v) is 3.91. The molecule has 0 amide bonds. The first kappa shape index (κ1) is 15.5. The van der Waals surface area contributed by atoms with Crippen LogP contribution >= 0.6 is 12.4 Å². The number of fused-ring (bicyclic) bond motifs is 1. The molecule has 6 heteroatoms. The highest BCUT2D eigenvalue weighted by atomic mass is 35.5. The van der Waals surface area contributed by atoms with Gasteiger partial charge in [0, 0.05) is 36.3 Å². The second kappa shape index (κ2) is 7.13. The van der Waals surface area contributed by atoms with E-state index in [4.69, 9.17) is 15.2 Å². The van der Waals surface area contributed by atoms with E-state index in [0.29, 0.717) is 30.9 Å². The minimum Gasteiger partial charge on any atom is -0.491 e. The first-order valence-electron chi connectivity index (χ1n) is 5.72. The summed E-state index contributed by atoms with van der Waals surface area (Å²) in [7, 11) is 1.61. The molecule has 0 aliphatic carbocycles. The number of aromatic nitrogens is 1. The Labute approximate surface area is 117 Å². The Morgan fingerprint density at radius 2 is 2.05 bits per heavy atom. The van der Waals surface area contributed by atoms with E-state index in [-0.39, 0.29) is 17.8 Å². The summed E-state index contributed by atoms with van der Waals surface area (Å²) in [4.78, 5) is 15.0. The lowest BCUT2D eigenvalue weighted by Gasteiger charge is -2.07. The van der Waals surface area contributed by atoms with Gasteiger partial charge in [-0.2, -0.15) is 0 Å². The Balaban J connectivity index is 0.00000180. The zero-order valence-electron chi connectivity index (χ0n) is 10.6. The van der Waals surface area contributed by atoms with E-state index in [0.717, 1.165) is 11.2 Å². The molecular weight excluding hydrogens is 268 g/mol. The number of H-pyrrole nitrogens is 1. The number of methoxy groups -OCH3 is 1. The zero-order valence-corrected chi connectivity index (χ0v) is 11.5. The van der Waals surface area contributed by atoms with Gasteiger partial charge in [-0.3, -0.25) is 4.79 Å². The van der Waals surface area contributed by atoms with E-state index in [1.807, 2.05) is 12.1 Å². The summed E-state index contributed by atoms with van der Waals surface area (Å²) in [6, 6.07) is 6.87. The van der Waals surface area contributed by atoms with Crippen molar-refractivity contribution in [2.45, 2.75) is 6.54 Å². The predicted molar refractivity (Wildman–Crippen MR) is 77.1 cm³/mol. The van der Waals surface area contributed by atoms with E-state index in [9.17, 15) is 4.79 Å². The van der Waals surface area contributed by atoms with Crippen LogP contribution < -0.4 is 15.9 Å². The molecule has 2 rings (SSSR count). The van der Waals surface area contributed by atoms with Crippen LogP contribution in [-0.2, 0) is 11.3 Å². The Kier molecular flexibility index (Phi) is 5.82. The maximum Gasteiger partial charge on any atom is 0.189 e. The number of halogens is 1. The quantitative estimate of drug-likeness (QED) is 0.815. The summed E-state index contributed by atoms with van der Waals surface area (Å²) in [5.41, 5.74) is 6.95. The van der Waals surface area contributed by atoms with Crippen molar-refractivity contribution in [2.24, 2.45) is 5.73 Å². The Bertz CT molecular complexity index is 598. The van der Waals surface area contributed by atoms with Crippen LogP contribution in [0.2, 0.25) is 0 Å². The fourth-order valence-corrected chi connectivity index (χ4v) is 1.72. The average Bonchev–Trinajstić information content (AvgIpc) is 2.39. The number of rotatable bonds is 5. The van der Waals surface area contributed by atoms with Crippen molar-refractivity contribution in [2.75, 3.05) is 20.3 Å². The van der Waals surface area contributed by atoms with Gasteiger partial charge >= 0.3 is 0 Å². The summed E-state index contributed by atoms with van der Waals surface area (Å²) in [6.45, 7) is 1.29. The van der Waals surface area contributed by atoms with Crippen molar-refractivity contribution in [1.29, 1.82) is 0 Å². The highest BCUT2D eigenvalue weighted by molar-refractivity contribution is 5.85. The molecule has 3 N–H and O–H groups in total. The molecule has 0 aliphatic rings.